The highest BCUT2D eigenvalue weighted by molar-refractivity contribution is 5.97. The Kier molecular flexibility index (Phi) is 4.73. The number of aliphatic hydroxyl groups excluding tert-OH is 1. The van der Waals surface area contributed by atoms with Crippen molar-refractivity contribution in [2.24, 2.45) is 0 Å². The fourth-order valence-corrected chi connectivity index (χ4v) is 1.91. The molecule has 0 unspecified atom stereocenters. The van der Waals surface area contributed by atoms with Crippen LogP contribution in [0.3, 0.4) is 0 Å². The number of aromatic nitrogens is 2. The van der Waals surface area contributed by atoms with E-state index in [0.717, 1.165) is 17.1 Å². The van der Waals surface area contributed by atoms with Crippen LogP contribution < -0.4 is 10.6 Å². The number of carbonyl (C=O) groups excluding carboxylic acids is 1. The van der Waals surface area contributed by atoms with Gasteiger partial charge in [-0.2, -0.15) is 0 Å². The van der Waals surface area contributed by atoms with Gasteiger partial charge in [0, 0.05) is 30.2 Å². The van der Waals surface area contributed by atoms with Gasteiger partial charge in [-0.1, -0.05) is 6.07 Å². The van der Waals surface area contributed by atoms with Crippen molar-refractivity contribution in [3.63, 3.8) is 0 Å². The molecule has 0 saturated carbocycles. The number of carbonyl (C=O) groups is 1. The van der Waals surface area contributed by atoms with Crippen LogP contribution in [0.4, 0.5) is 5.69 Å². The molecule has 2 rings (SSSR count). The molecule has 6 heteroatoms. The summed E-state index contributed by atoms with van der Waals surface area (Å²) in [5, 5.41) is 14.6. The molecule has 1 amide bonds. The standard InChI is InChI=1S/C14H18N4O2/c1-10-11(14(20)17-7-8-19)3-2-4-12(10)18-9-13-15-5-6-16-13/h2-6,18-19H,7-9H2,1H3,(H,15,16)(H,17,20). The van der Waals surface area contributed by atoms with Crippen molar-refractivity contribution < 1.29 is 9.90 Å². The van der Waals surface area contributed by atoms with Crippen molar-refractivity contribution in [3.05, 3.63) is 47.5 Å². The van der Waals surface area contributed by atoms with Crippen molar-refractivity contribution in [2.75, 3.05) is 18.5 Å². The van der Waals surface area contributed by atoms with Gasteiger partial charge in [0.2, 0.25) is 0 Å². The summed E-state index contributed by atoms with van der Waals surface area (Å²) in [6, 6.07) is 5.51. The number of aliphatic hydroxyl groups is 1. The average Bonchev–Trinajstić information content (AvgIpc) is 2.97. The van der Waals surface area contributed by atoms with Gasteiger partial charge in [-0.3, -0.25) is 4.79 Å². The number of nitrogens with one attached hydrogen (secondary N) is 3. The number of anilines is 1. The maximum absolute atomic E-state index is 11.9. The number of hydrogen-bond donors (Lipinski definition) is 4. The van der Waals surface area contributed by atoms with E-state index in [9.17, 15) is 4.79 Å². The molecule has 0 bridgehead atoms. The zero-order chi connectivity index (χ0) is 14.4. The lowest BCUT2D eigenvalue weighted by Crippen LogP contribution is -2.27. The van der Waals surface area contributed by atoms with Crippen LogP contribution in [0.15, 0.2) is 30.6 Å². The Labute approximate surface area is 117 Å². The van der Waals surface area contributed by atoms with Gasteiger partial charge >= 0.3 is 0 Å². The first-order chi connectivity index (χ1) is 9.72. The SMILES string of the molecule is Cc1c(NCc2ncc[nH]2)cccc1C(=O)NCCO. The molecule has 1 aromatic heterocycles. The second kappa shape index (κ2) is 6.72. The Bertz CT molecular complexity index is 567. The molecular formula is C14H18N4O2. The summed E-state index contributed by atoms with van der Waals surface area (Å²) < 4.78 is 0. The lowest BCUT2D eigenvalue weighted by Gasteiger charge is -2.12. The van der Waals surface area contributed by atoms with E-state index in [1.165, 1.54) is 0 Å². The quantitative estimate of drug-likeness (QED) is 0.634. The first-order valence-corrected chi connectivity index (χ1v) is 6.43. The molecule has 20 heavy (non-hydrogen) atoms. The van der Waals surface area contributed by atoms with E-state index >= 15 is 0 Å². The summed E-state index contributed by atoms with van der Waals surface area (Å²) in [5.41, 5.74) is 2.36. The number of hydrogen-bond acceptors (Lipinski definition) is 4. The maximum Gasteiger partial charge on any atom is 0.251 e. The number of benzene rings is 1. The smallest absolute Gasteiger partial charge is 0.251 e. The van der Waals surface area contributed by atoms with Gasteiger partial charge in [0.1, 0.15) is 5.82 Å². The molecule has 0 radical (unpaired) electrons. The molecule has 0 aliphatic carbocycles. The summed E-state index contributed by atoms with van der Waals surface area (Å²) in [7, 11) is 0. The third-order valence-electron chi connectivity index (χ3n) is 2.98. The summed E-state index contributed by atoms with van der Waals surface area (Å²) >= 11 is 0. The number of imidazole rings is 1. The van der Waals surface area contributed by atoms with E-state index in [0.29, 0.717) is 12.1 Å². The number of rotatable bonds is 6. The molecule has 0 atom stereocenters. The number of nitrogens with zero attached hydrogens (tertiary/aromatic N) is 1. The number of H-pyrrole nitrogens is 1. The van der Waals surface area contributed by atoms with E-state index in [-0.39, 0.29) is 19.1 Å². The average molecular weight is 274 g/mol. The largest absolute Gasteiger partial charge is 0.395 e. The number of aromatic amines is 1. The van der Waals surface area contributed by atoms with E-state index in [1.54, 1.807) is 18.5 Å². The molecule has 4 N–H and O–H groups in total. The monoisotopic (exact) mass is 274 g/mol. The molecular weight excluding hydrogens is 256 g/mol. The minimum atomic E-state index is -0.182. The number of amides is 1. The van der Waals surface area contributed by atoms with Gasteiger partial charge in [0.15, 0.2) is 0 Å². The van der Waals surface area contributed by atoms with E-state index in [4.69, 9.17) is 5.11 Å². The van der Waals surface area contributed by atoms with Crippen molar-refractivity contribution in [1.29, 1.82) is 0 Å². The highest BCUT2D eigenvalue weighted by Crippen LogP contribution is 2.19. The fourth-order valence-electron chi connectivity index (χ4n) is 1.91. The molecule has 0 saturated heterocycles. The van der Waals surface area contributed by atoms with Gasteiger partial charge in [0.25, 0.3) is 5.91 Å². The normalized spacial score (nSPS) is 10.3. The zero-order valence-corrected chi connectivity index (χ0v) is 11.3. The summed E-state index contributed by atoms with van der Waals surface area (Å²) in [6.45, 7) is 2.64. The predicted molar refractivity (Wildman–Crippen MR) is 76.5 cm³/mol. The van der Waals surface area contributed by atoms with Crippen LogP contribution in [0.25, 0.3) is 0 Å². The Morgan fingerprint density at radius 2 is 2.30 bits per heavy atom. The minimum absolute atomic E-state index is 0.0682. The minimum Gasteiger partial charge on any atom is -0.395 e. The molecule has 0 spiro atoms. The molecule has 0 fully saturated rings. The summed E-state index contributed by atoms with van der Waals surface area (Å²) in [5.74, 6) is 0.651. The Morgan fingerprint density at radius 1 is 1.45 bits per heavy atom. The fraction of sp³-hybridized carbons (Fsp3) is 0.286. The van der Waals surface area contributed by atoms with E-state index in [1.807, 2.05) is 19.1 Å². The first-order valence-electron chi connectivity index (χ1n) is 6.43. The molecule has 6 nitrogen and oxygen atoms in total. The first kappa shape index (κ1) is 14.1. The van der Waals surface area contributed by atoms with E-state index in [2.05, 4.69) is 20.6 Å². The summed E-state index contributed by atoms with van der Waals surface area (Å²) in [4.78, 5) is 19.1. The third-order valence-corrected chi connectivity index (χ3v) is 2.98. The molecule has 1 aromatic carbocycles. The van der Waals surface area contributed by atoms with Crippen molar-refractivity contribution in [2.45, 2.75) is 13.5 Å². The lowest BCUT2D eigenvalue weighted by molar-refractivity contribution is 0.0944. The van der Waals surface area contributed by atoms with Crippen LogP contribution in [0, 0.1) is 6.92 Å². The second-order valence-corrected chi connectivity index (χ2v) is 4.35. The topological polar surface area (TPSA) is 90.0 Å². The van der Waals surface area contributed by atoms with Crippen molar-refractivity contribution in [1.82, 2.24) is 15.3 Å². The Balaban J connectivity index is 2.08. The van der Waals surface area contributed by atoms with Gasteiger partial charge in [0.05, 0.1) is 13.2 Å². The highest BCUT2D eigenvalue weighted by Gasteiger charge is 2.11. The molecule has 2 aromatic rings. The van der Waals surface area contributed by atoms with Crippen molar-refractivity contribution in [3.8, 4) is 0 Å². The van der Waals surface area contributed by atoms with Crippen LogP contribution in [-0.2, 0) is 6.54 Å². The van der Waals surface area contributed by atoms with Gasteiger partial charge < -0.3 is 20.7 Å². The van der Waals surface area contributed by atoms with Crippen LogP contribution in [0.2, 0.25) is 0 Å². The van der Waals surface area contributed by atoms with Crippen LogP contribution >= 0.6 is 0 Å². The van der Waals surface area contributed by atoms with Crippen LogP contribution in [0.1, 0.15) is 21.7 Å². The second-order valence-electron chi connectivity index (χ2n) is 4.35. The predicted octanol–water partition coefficient (Wildman–Crippen LogP) is 1.05. The lowest BCUT2D eigenvalue weighted by atomic mass is 10.1. The molecule has 106 valence electrons. The Hall–Kier alpha value is -2.34. The van der Waals surface area contributed by atoms with E-state index < -0.39 is 0 Å². The zero-order valence-electron chi connectivity index (χ0n) is 11.3. The van der Waals surface area contributed by atoms with Gasteiger partial charge in [-0.05, 0) is 24.6 Å². The molecule has 1 heterocycles. The van der Waals surface area contributed by atoms with Gasteiger partial charge in [-0.25, -0.2) is 4.98 Å². The third kappa shape index (κ3) is 3.36. The van der Waals surface area contributed by atoms with Crippen LogP contribution in [-0.4, -0.2) is 34.1 Å². The summed E-state index contributed by atoms with van der Waals surface area (Å²) in [6.07, 6.45) is 3.46. The molecule has 0 aliphatic rings. The van der Waals surface area contributed by atoms with Gasteiger partial charge in [-0.15, -0.1) is 0 Å². The maximum atomic E-state index is 11.9. The van der Waals surface area contributed by atoms with Crippen molar-refractivity contribution >= 4 is 11.6 Å². The Morgan fingerprint density at radius 3 is 3.00 bits per heavy atom. The highest BCUT2D eigenvalue weighted by atomic mass is 16.3. The van der Waals surface area contributed by atoms with Crippen LogP contribution in [0.5, 0.6) is 0 Å². The molecule has 0 aliphatic heterocycles.